The number of ether oxygens (including phenoxy) is 1. The Morgan fingerprint density at radius 1 is 1.15 bits per heavy atom. The van der Waals surface area contributed by atoms with E-state index in [2.05, 4.69) is 17.2 Å². The standard InChI is InChI=1S/C20H25N3O2.2ClH/c1-2-21-14-16-9-12-23(13-10-16)20(24)17-5-7-18(8-6-17)25-19-4-3-11-22-15-19;;/h3-8,11,15-16,21H,2,9-10,12-14H2,1H3;2*1H. The van der Waals surface area contributed by atoms with E-state index in [1.165, 1.54) is 0 Å². The van der Waals surface area contributed by atoms with Gasteiger partial charge in [0.15, 0.2) is 0 Å². The molecule has 1 fully saturated rings. The summed E-state index contributed by atoms with van der Waals surface area (Å²) >= 11 is 0. The molecule has 3 rings (SSSR count). The van der Waals surface area contributed by atoms with Crippen molar-refractivity contribution in [2.24, 2.45) is 5.92 Å². The van der Waals surface area contributed by atoms with Gasteiger partial charge in [0.2, 0.25) is 0 Å². The summed E-state index contributed by atoms with van der Waals surface area (Å²) in [5, 5.41) is 3.40. The normalized spacial score (nSPS) is 14.0. The molecule has 2 aromatic rings. The summed E-state index contributed by atoms with van der Waals surface area (Å²) in [4.78, 5) is 18.6. The molecule has 0 bridgehead atoms. The van der Waals surface area contributed by atoms with E-state index in [4.69, 9.17) is 4.74 Å². The fourth-order valence-corrected chi connectivity index (χ4v) is 3.08. The Balaban J connectivity index is 0.00000182. The molecule has 1 aromatic heterocycles. The minimum absolute atomic E-state index is 0. The van der Waals surface area contributed by atoms with Crippen LogP contribution in [-0.2, 0) is 0 Å². The van der Waals surface area contributed by atoms with Gasteiger partial charge >= 0.3 is 0 Å². The largest absolute Gasteiger partial charge is 0.456 e. The average molecular weight is 412 g/mol. The van der Waals surface area contributed by atoms with Gasteiger partial charge in [-0.3, -0.25) is 9.78 Å². The molecule has 1 N–H and O–H groups in total. The number of benzene rings is 1. The molecular formula is C20H27Cl2N3O2. The third-order valence-electron chi connectivity index (χ3n) is 4.56. The van der Waals surface area contributed by atoms with Gasteiger partial charge in [-0.05, 0) is 68.2 Å². The molecule has 0 atom stereocenters. The van der Waals surface area contributed by atoms with Gasteiger partial charge in [0.1, 0.15) is 11.5 Å². The van der Waals surface area contributed by atoms with E-state index in [9.17, 15) is 4.79 Å². The molecule has 1 aromatic carbocycles. The van der Waals surface area contributed by atoms with Crippen LogP contribution in [0.4, 0.5) is 0 Å². The number of halogens is 2. The monoisotopic (exact) mass is 411 g/mol. The number of hydrogen-bond acceptors (Lipinski definition) is 4. The van der Waals surface area contributed by atoms with Gasteiger partial charge in [0, 0.05) is 24.8 Å². The van der Waals surface area contributed by atoms with Gasteiger partial charge in [-0.15, -0.1) is 24.8 Å². The second-order valence-electron chi connectivity index (χ2n) is 6.36. The smallest absolute Gasteiger partial charge is 0.253 e. The van der Waals surface area contributed by atoms with Crippen molar-refractivity contribution < 1.29 is 9.53 Å². The third-order valence-corrected chi connectivity index (χ3v) is 4.56. The van der Waals surface area contributed by atoms with Crippen molar-refractivity contribution in [2.45, 2.75) is 19.8 Å². The predicted octanol–water partition coefficient (Wildman–Crippen LogP) is 4.18. The highest BCUT2D eigenvalue weighted by Crippen LogP contribution is 2.22. The topological polar surface area (TPSA) is 54.5 Å². The molecular weight excluding hydrogens is 385 g/mol. The second kappa shape index (κ2) is 11.8. The van der Waals surface area contributed by atoms with E-state index in [0.29, 0.717) is 23.0 Å². The minimum Gasteiger partial charge on any atom is -0.456 e. The number of hydrogen-bond donors (Lipinski definition) is 1. The summed E-state index contributed by atoms with van der Waals surface area (Å²) in [5.74, 6) is 2.17. The Morgan fingerprint density at radius 2 is 1.85 bits per heavy atom. The van der Waals surface area contributed by atoms with Crippen LogP contribution in [0.2, 0.25) is 0 Å². The Morgan fingerprint density at radius 3 is 2.44 bits per heavy atom. The molecule has 27 heavy (non-hydrogen) atoms. The molecule has 0 unspecified atom stereocenters. The van der Waals surface area contributed by atoms with Gasteiger partial charge in [0.25, 0.3) is 5.91 Å². The average Bonchev–Trinajstić information content (AvgIpc) is 2.68. The number of nitrogens with zero attached hydrogens (tertiary/aromatic N) is 2. The number of rotatable bonds is 6. The molecule has 1 amide bonds. The first-order valence-corrected chi connectivity index (χ1v) is 8.94. The number of carbonyl (C=O) groups excluding carboxylic acids is 1. The zero-order chi connectivity index (χ0) is 17.5. The fourth-order valence-electron chi connectivity index (χ4n) is 3.08. The highest BCUT2D eigenvalue weighted by molar-refractivity contribution is 5.94. The number of carbonyl (C=O) groups is 1. The quantitative estimate of drug-likeness (QED) is 0.774. The Labute approximate surface area is 173 Å². The van der Waals surface area contributed by atoms with Crippen LogP contribution >= 0.6 is 24.8 Å². The van der Waals surface area contributed by atoms with Gasteiger partial charge in [-0.1, -0.05) is 6.92 Å². The second-order valence-corrected chi connectivity index (χ2v) is 6.36. The lowest BCUT2D eigenvalue weighted by molar-refractivity contribution is 0.0690. The third kappa shape index (κ3) is 6.69. The molecule has 5 nitrogen and oxygen atoms in total. The first kappa shape index (κ1) is 23.2. The van der Waals surface area contributed by atoms with Gasteiger partial charge < -0.3 is 15.0 Å². The summed E-state index contributed by atoms with van der Waals surface area (Å²) < 4.78 is 5.72. The molecule has 148 valence electrons. The van der Waals surface area contributed by atoms with Crippen LogP contribution < -0.4 is 10.1 Å². The zero-order valence-electron chi connectivity index (χ0n) is 15.5. The number of amides is 1. The maximum absolute atomic E-state index is 12.6. The number of aromatic nitrogens is 1. The summed E-state index contributed by atoms with van der Waals surface area (Å²) in [6, 6.07) is 11.0. The van der Waals surface area contributed by atoms with Crippen molar-refractivity contribution in [2.75, 3.05) is 26.2 Å². The lowest BCUT2D eigenvalue weighted by Gasteiger charge is -2.32. The first-order chi connectivity index (χ1) is 12.3. The number of nitrogens with one attached hydrogen (secondary N) is 1. The van der Waals surface area contributed by atoms with Gasteiger partial charge in [0.05, 0.1) is 6.20 Å². The summed E-state index contributed by atoms with van der Waals surface area (Å²) in [7, 11) is 0. The Kier molecular flexibility index (Phi) is 10.1. The molecule has 0 spiro atoms. The number of piperidine rings is 1. The summed E-state index contributed by atoms with van der Waals surface area (Å²) in [6.45, 7) is 5.86. The molecule has 1 aliphatic heterocycles. The summed E-state index contributed by atoms with van der Waals surface area (Å²) in [6.07, 6.45) is 5.51. The SMILES string of the molecule is CCNCC1CCN(C(=O)c2ccc(Oc3cccnc3)cc2)CC1.Cl.Cl. The Bertz CT molecular complexity index is 675. The van der Waals surface area contributed by atoms with E-state index < -0.39 is 0 Å². The van der Waals surface area contributed by atoms with E-state index >= 15 is 0 Å². The predicted molar refractivity (Wildman–Crippen MR) is 112 cm³/mol. The van der Waals surface area contributed by atoms with Crippen LogP contribution in [-0.4, -0.2) is 42.0 Å². The number of pyridine rings is 1. The molecule has 2 heterocycles. The van der Waals surface area contributed by atoms with E-state index in [1.54, 1.807) is 12.4 Å². The number of likely N-dealkylation sites (tertiary alicyclic amines) is 1. The Hall–Kier alpha value is -1.82. The zero-order valence-corrected chi connectivity index (χ0v) is 17.1. The maximum Gasteiger partial charge on any atom is 0.253 e. The first-order valence-electron chi connectivity index (χ1n) is 8.94. The van der Waals surface area contributed by atoms with E-state index in [1.807, 2.05) is 41.3 Å². The fraction of sp³-hybridized carbons (Fsp3) is 0.400. The molecule has 7 heteroatoms. The minimum atomic E-state index is 0. The van der Waals surface area contributed by atoms with Crippen molar-refractivity contribution >= 4 is 30.7 Å². The van der Waals surface area contributed by atoms with E-state index in [0.717, 1.165) is 39.0 Å². The van der Waals surface area contributed by atoms with Crippen LogP contribution in [0.3, 0.4) is 0 Å². The van der Waals surface area contributed by atoms with E-state index in [-0.39, 0.29) is 30.7 Å². The highest BCUT2D eigenvalue weighted by Gasteiger charge is 2.23. The van der Waals surface area contributed by atoms with Crippen LogP contribution in [0.1, 0.15) is 30.1 Å². The molecule has 1 saturated heterocycles. The highest BCUT2D eigenvalue weighted by atomic mass is 35.5. The van der Waals surface area contributed by atoms with Crippen LogP contribution in [0.5, 0.6) is 11.5 Å². The summed E-state index contributed by atoms with van der Waals surface area (Å²) in [5.41, 5.74) is 0.712. The van der Waals surface area contributed by atoms with Crippen molar-refractivity contribution in [3.63, 3.8) is 0 Å². The van der Waals surface area contributed by atoms with Crippen molar-refractivity contribution in [1.29, 1.82) is 0 Å². The molecule has 0 aliphatic carbocycles. The van der Waals surface area contributed by atoms with Crippen molar-refractivity contribution in [3.8, 4) is 11.5 Å². The molecule has 0 saturated carbocycles. The van der Waals surface area contributed by atoms with Crippen LogP contribution in [0.15, 0.2) is 48.8 Å². The molecule has 0 radical (unpaired) electrons. The van der Waals surface area contributed by atoms with Crippen molar-refractivity contribution in [3.05, 3.63) is 54.4 Å². The lowest BCUT2D eigenvalue weighted by Crippen LogP contribution is -2.40. The van der Waals surface area contributed by atoms with Gasteiger partial charge in [-0.2, -0.15) is 0 Å². The maximum atomic E-state index is 12.6. The van der Waals surface area contributed by atoms with Crippen LogP contribution in [0.25, 0.3) is 0 Å². The van der Waals surface area contributed by atoms with Gasteiger partial charge in [-0.25, -0.2) is 0 Å². The van der Waals surface area contributed by atoms with Crippen molar-refractivity contribution in [1.82, 2.24) is 15.2 Å². The lowest BCUT2D eigenvalue weighted by atomic mass is 9.96. The van der Waals surface area contributed by atoms with Crippen LogP contribution in [0, 0.1) is 5.92 Å². The molecule has 1 aliphatic rings.